The molecule has 0 atom stereocenters. The molecule has 0 saturated carbocycles. The summed E-state index contributed by atoms with van der Waals surface area (Å²) in [6, 6.07) is 14.4. The van der Waals surface area contributed by atoms with Gasteiger partial charge in [0.1, 0.15) is 11.6 Å². The molecule has 0 saturated heterocycles. The highest BCUT2D eigenvalue weighted by Gasteiger charge is 2.12. The zero-order chi connectivity index (χ0) is 15.8. The molecule has 0 aliphatic heterocycles. The SMILES string of the molecule is CN(C)c1ccc2nc(-c3ccccc3-c3ncc[nH]3)[nH]c2c1. The predicted octanol–water partition coefficient (Wildman–Crippen LogP) is 3.69. The van der Waals surface area contributed by atoms with E-state index in [9.17, 15) is 0 Å². The van der Waals surface area contributed by atoms with Crippen molar-refractivity contribution in [3.05, 3.63) is 54.9 Å². The van der Waals surface area contributed by atoms with E-state index in [4.69, 9.17) is 4.98 Å². The Kier molecular flexibility index (Phi) is 3.12. The van der Waals surface area contributed by atoms with Gasteiger partial charge in [0, 0.05) is 43.3 Å². The van der Waals surface area contributed by atoms with Crippen LogP contribution in [0.2, 0.25) is 0 Å². The van der Waals surface area contributed by atoms with Gasteiger partial charge in [-0.15, -0.1) is 0 Å². The summed E-state index contributed by atoms with van der Waals surface area (Å²) in [6.45, 7) is 0. The summed E-state index contributed by atoms with van der Waals surface area (Å²) >= 11 is 0. The largest absolute Gasteiger partial charge is 0.378 e. The van der Waals surface area contributed by atoms with E-state index in [2.05, 4.69) is 38.1 Å². The molecule has 0 spiro atoms. The highest BCUT2D eigenvalue weighted by molar-refractivity contribution is 5.86. The number of anilines is 1. The number of nitrogens with zero attached hydrogens (tertiary/aromatic N) is 3. The second-order valence-corrected chi connectivity index (χ2v) is 5.66. The minimum Gasteiger partial charge on any atom is -0.378 e. The zero-order valence-electron chi connectivity index (χ0n) is 13.0. The number of benzene rings is 2. The Hall–Kier alpha value is -3.08. The van der Waals surface area contributed by atoms with E-state index in [1.54, 1.807) is 6.20 Å². The zero-order valence-corrected chi connectivity index (χ0v) is 13.0. The maximum absolute atomic E-state index is 4.74. The first-order valence-electron chi connectivity index (χ1n) is 7.48. The Bertz CT molecular complexity index is 951. The minimum absolute atomic E-state index is 0.843. The lowest BCUT2D eigenvalue weighted by Crippen LogP contribution is -2.07. The second-order valence-electron chi connectivity index (χ2n) is 5.66. The molecule has 4 rings (SSSR count). The summed E-state index contributed by atoms with van der Waals surface area (Å²) in [4.78, 5) is 17.8. The van der Waals surface area contributed by atoms with Crippen LogP contribution < -0.4 is 4.90 Å². The average molecular weight is 303 g/mol. The van der Waals surface area contributed by atoms with E-state index >= 15 is 0 Å². The molecule has 2 aromatic carbocycles. The monoisotopic (exact) mass is 303 g/mol. The summed E-state index contributed by atoms with van der Waals surface area (Å²) < 4.78 is 0. The van der Waals surface area contributed by atoms with Crippen molar-refractivity contribution in [3.63, 3.8) is 0 Å². The van der Waals surface area contributed by atoms with Crippen LogP contribution in [0, 0.1) is 0 Å². The summed E-state index contributed by atoms with van der Waals surface area (Å²) in [5.41, 5.74) is 5.20. The first-order chi connectivity index (χ1) is 11.2. The number of hydrogen-bond acceptors (Lipinski definition) is 3. The minimum atomic E-state index is 0.843. The fraction of sp³-hybridized carbons (Fsp3) is 0.111. The maximum Gasteiger partial charge on any atom is 0.139 e. The fourth-order valence-electron chi connectivity index (χ4n) is 2.71. The molecule has 5 nitrogen and oxygen atoms in total. The molecule has 0 aliphatic rings. The second kappa shape index (κ2) is 5.28. The van der Waals surface area contributed by atoms with E-state index in [-0.39, 0.29) is 0 Å². The highest BCUT2D eigenvalue weighted by Crippen LogP contribution is 2.30. The molecular weight excluding hydrogens is 286 g/mol. The van der Waals surface area contributed by atoms with Crippen LogP contribution >= 0.6 is 0 Å². The van der Waals surface area contributed by atoms with Crippen molar-refractivity contribution in [3.8, 4) is 22.8 Å². The van der Waals surface area contributed by atoms with Crippen molar-refractivity contribution in [2.24, 2.45) is 0 Å². The van der Waals surface area contributed by atoms with Crippen LogP contribution in [0.15, 0.2) is 54.9 Å². The van der Waals surface area contributed by atoms with E-state index < -0.39 is 0 Å². The van der Waals surface area contributed by atoms with Crippen LogP contribution in [-0.4, -0.2) is 34.0 Å². The lowest BCUT2D eigenvalue weighted by Gasteiger charge is -2.11. The van der Waals surface area contributed by atoms with E-state index in [1.807, 2.05) is 44.6 Å². The molecule has 0 aliphatic carbocycles. The van der Waals surface area contributed by atoms with Gasteiger partial charge in [-0.25, -0.2) is 9.97 Å². The van der Waals surface area contributed by atoms with Crippen LogP contribution in [0.3, 0.4) is 0 Å². The molecule has 23 heavy (non-hydrogen) atoms. The third kappa shape index (κ3) is 2.36. The van der Waals surface area contributed by atoms with Gasteiger partial charge in [-0.2, -0.15) is 0 Å². The molecule has 4 aromatic rings. The summed E-state index contributed by atoms with van der Waals surface area (Å²) in [6.07, 6.45) is 3.59. The predicted molar refractivity (Wildman–Crippen MR) is 93.4 cm³/mol. The maximum atomic E-state index is 4.74. The standard InChI is InChI=1S/C18H17N5/c1-23(2)12-7-8-15-16(11-12)22-18(21-15)14-6-4-3-5-13(14)17-19-9-10-20-17/h3-11H,1-2H3,(H,19,20)(H,21,22). The fourth-order valence-corrected chi connectivity index (χ4v) is 2.71. The van der Waals surface area contributed by atoms with Gasteiger partial charge in [-0.1, -0.05) is 24.3 Å². The van der Waals surface area contributed by atoms with Crippen molar-refractivity contribution in [2.45, 2.75) is 0 Å². The van der Waals surface area contributed by atoms with Gasteiger partial charge in [0.2, 0.25) is 0 Å². The van der Waals surface area contributed by atoms with E-state index in [0.717, 1.165) is 39.5 Å². The first kappa shape index (κ1) is 13.6. The number of aromatic nitrogens is 4. The number of fused-ring (bicyclic) bond motifs is 1. The number of aromatic amines is 2. The molecule has 0 fully saturated rings. The average Bonchev–Trinajstić information content (AvgIpc) is 3.23. The molecular formula is C18H17N5. The van der Waals surface area contributed by atoms with Crippen molar-refractivity contribution in [1.29, 1.82) is 0 Å². The molecule has 2 heterocycles. The third-order valence-electron chi connectivity index (χ3n) is 3.92. The topological polar surface area (TPSA) is 60.6 Å². The quantitative estimate of drug-likeness (QED) is 0.607. The Morgan fingerprint density at radius 2 is 1.74 bits per heavy atom. The molecule has 5 heteroatoms. The number of hydrogen-bond donors (Lipinski definition) is 2. The van der Waals surface area contributed by atoms with Crippen molar-refractivity contribution in [1.82, 2.24) is 19.9 Å². The molecule has 2 N–H and O–H groups in total. The Balaban J connectivity index is 1.87. The first-order valence-corrected chi connectivity index (χ1v) is 7.48. The van der Waals surface area contributed by atoms with Crippen LogP contribution in [0.4, 0.5) is 5.69 Å². The van der Waals surface area contributed by atoms with Crippen LogP contribution in [0.1, 0.15) is 0 Å². The Morgan fingerprint density at radius 1 is 0.957 bits per heavy atom. The summed E-state index contributed by atoms with van der Waals surface area (Å²) in [7, 11) is 4.06. The van der Waals surface area contributed by atoms with E-state index in [1.165, 1.54) is 0 Å². The van der Waals surface area contributed by atoms with Gasteiger partial charge >= 0.3 is 0 Å². The Labute approximate surface area is 134 Å². The van der Waals surface area contributed by atoms with Gasteiger partial charge in [-0.3, -0.25) is 0 Å². The van der Waals surface area contributed by atoms with Crippen LogP contribution in [0.5, 0.6) is 0 Å². The number of rotatable bonds is 3. The molecule has 0 bridgehead atoms. The van der Waals surface area contributed by atoms with Crippen molar-refractivity contribution in [2.75, 3.05) is 19.0 Å². The van der Waals surface area contributed by atoms with Crippen LogP contribution in [0.25, 0.3) is 33.8 Å². The number of nitrogens with one attached hydrogen (secondary N) is 2. The molecule has 0 amide bonds. The van der Waals surface area contributed by atoms with E-state index in [0.29, 0.717) is 0 Å². The lowest BCUT2D eigenvalue weighted by molar-refractivity contribution is 1.13. The van der Waals surface area contributed by atoms with Gasteiger partial charge in [0.25, 0.3) is 0 Å². The lowest BCUT2D eigenvalue weighted by atomic mass is 10.1. The third-order valence-corrected chi connectivity index (χ3v) is 3.92. The molecule has 0 unspecified atom stereocenters. The summed E-state index contributed by atoms with van der Waals surface area (Å²) in [5, 5.41) is 0. The van der Waals surface area contributed by atoms with Crippen molar-refractivity contribution >= 4 is 16.7 Å². The molecule has 114 valence electrons. The Morgan fingerprint density at radius 3 is 2.43 bits per heavy atom. The van der Waals surface area contributed by atoms with Crippen molar-refractivity contribution < 1.29 is 0 Å². The van der Waals surface area contributed by atoms with Gasteiger partial charge < -0.3 is 14.9 Å². The number of H-pyrrole nitrogens is 2. The normalized spacial score (nSPS) is 11.0. The highest BCUT2D eigenvalue weighted by atomic mass is 15.1. The van der Waals surface area contributed by atoms with Gasteiger partial charge in [0.05, 0.1) is 11.0 Å². The molecule has 2 aromatic heterocycles. The summed E-state index contributed by atoms with van der Waals surface area (Å²) in [5.74, 6) is 1.69. The molecule has 0 radical (unpaired) electrons. The number of imidazole rings is 2. The van der Waals surface area contributed by atoms with Crippen LogP contribution in [-0.2, 0) is 0 Å². The van der Waals surface area contributed by atoms with Gasteiger partial charge in [-0.05, 0) is 18.2 Å². The van der Waals surface area contributed by atoms with Gasteiger partial charge in [0.15, 0.2) is 0 Å². The smallest absolute Gasteiger partial charge is 0.139 e.